The Labute approximate surface area is 112 Å². The summed E-state index contributed by atoms with van der Waals surface area (Å²) in [6.07, 6.45) is 0.534. The van der Waals surface area contributed by atoms with Crippen LogP contribution in [-0.2, 0) is 9.59 Å². The molecule has 1 N–H and O–H groups in total. The van der Waals surface area contributed by atoms with Gasteiger partial charge in [0.1, 0.15) is 6.04 Å². The molecule has 100 valence electrons. The summed E-state index contributed by atoms with van der Waals surface area (Å²) in [6, 6.07) is 4.53. The van der Waals surface area contributed by atoms with Gasteiger partial charge in [0.25, 0.3) is 5.91 Å². The van der Waals surface area contributed by atoms with E-state index in [0.717, 1.165) is 0 Å². The maximum absolute atomic E-state index is 12.4. The number of aromatic nitrogens is 1. The molecule has 3 heterocycles. The quantitative estimate of drug-likeness (QED) is 0.766. The minimum absolute atomic E-state index is 0.220. The van der Waals surface area contributed by atoms with E-state index >= 15 is 0 Å². The number of hydrogen-bond donors (Lipinski definition) is 1. The highest BCUT2D eigenvalue weighted by Gasteiger charge is 2.42. The van der Waals surface area contributed by atoms with Crippen LogP contribution in [0.4, 0.5) is 5.69 Å². The third kappa shape index (κ3) is 1.29. The molecule has 0 bridgehead atoms. The van der Waals surface area contributed by atoms with E-state index in [1.165, 1.54) is 4.90 Å². The van der Waals surface area contributed by atoms with Crippen LogP contribution in [0.1, 0.15) is 23.3 Å². The molecule has 4 rings (SSSR count). The maximum Gasteiger partial charge on any atom is 0.281 e. The van der Waals surface area contributed by atoms with E-state index in [1.807, 2.05) is 0 Å². The normalized spacial score (nSPS) is 21.7. The second-order valence-corrected chi connectivity index (χ2v) is 4.82. The third-order valence-electron chi connectivity index (χ3n) is 3.68. The Bertz CT molecular complexity index is 779. The van der Waals surface area contributed by atoms with Crippen LogP contribution in [0.2, 0.25) is 0 Å². The van der Waals surface area contributed by atoms with E-state index in [4.69, 9.17) is 4.52 Å². The monoisotopic (exact) mass is 271 g/mol. The fourth-order valence-electron chi connectivity index (χ4n) is 2.78. The van der Waals surface area contributed by atoms with Gasteiger partial charge in [0.05, 0.1) is 11.1 Å². The first-order chi connectivity index (χ1) is 9.66. The zero-order valence-corrected chi connectivity index (χ0v) is 10.3. The van der Waals surface area contributed by atoms with E-state index in [9.17, 15) is 14.4 Å². The number of imide groups is 1. The van der Waals surface area contributed by atoms with Crippen LogP contribution in [0.5, 0.6) is 0 Å². The standard InChI is InChI=1S/C13H9N3O4/c17-9-5-4-7(12(18)14-9)16-6-2-1-3-8-10(6)11(13(16)19)15-20-8/h1-3,7H,4-5H2,(H,14,17,18). The third-order valence-corrected chi connectivity index (χ3v) is 3.68. The van der Waals surface area contributed by atoms with Crippen LogP contribution in [0.25, 0.3) is 11.0 Å². The van der Waals surface area contributed by atoms with Crippen LogP contribution in [0, 0.1) is 0 Å². The van der Waals surface area contributed by atoms with Crippen LogP contribution in [0.15, 0.2) is 22.7 Å². The Kier molecular flexibility index (Phi) is 2.04. The number of anilines is 1. The lowest BCUT2D eigenvalue weighted by Gasteiger charge is -2.29. The highest BCUT2D eigenvalue weighted by molar-refractivity contribution is 6.25. The SMILES string of the molecule is O=C1CCC(N2C(=O)c3noc4cccc2c34)C(=O)N1. The first-order valence-electron chi connectivity index (χ1n) is 6.22. The van der Waals surface area contributed by atoms with Crippen LogP contribution >= 0.6 is 0 Å². The fourth-order valence-corrected chi connectivity index (χ4v) is 2.78. The van der Waals surface area contributed by atoms with Gasteiger partial charge >= 0.3 is 0 Å². The van der Waals surface area contributed by atoms with Crippen LogP contribution in [0.3, 0.4) is 0 Å². The number of piperidine rings is 1. The zero-order valence-electron chi connectivity index (χ0n) is 10.3. The molecule has 1 aromatic heterocycles. The van der Waals surface area contributed by atoms with E-state index in [0.29, 0.717) is 23.1 Å². The molecule has 7 heteroatoms. The predicted octanol–water partition coefficient (Wildman–Crippen LogP) is 0.593. The van der Waals surface area contributed by atoms with E-state index in [-0.39, 0.29) is 23.9 Å². The highest BCUT2D eigenvalue weighted by Crippen LogP contribution is 2.39. The van der Waals surface area contributed by atoms with Crippen LogP contribution in [-0.4, -0.2) is 28.9 Å². The number of amides is 3. The van der Waals surface area contributed by atoms with Crippen LogP contribution < -0.4 is 10.2 Å². The molecule has 0 radical (unpaired) electrons. The van der Waals surface area contributed by atoms with Gasteiger partial charge in [-0.25, -0.2) is 0 Å². The molecule has 3 amide bonds. The second kappa shape index (κ2) is 3.66. The Morgan fingerprint density at radius 1 is 1.30 bits per heavy atom. The average molecular weight is 271 g/mol. The minimum Gasteiger partial charge on any atom is -0.355 e. The molecule has 7 nitrogen and oxygen atoms in total. The molecule has 2 aliphatic heterocycles. The van der Waals surface area contributed by atoms with Crippen molar-refractivity contribution >= 4 is 34.4 Å². The summed E-state index contributed by atoms with van der Waals surface area (Å²) in [5.74, 6) is -1.12. The first kappa shape index (κ1) is 11.2. The van der Waals surface area contributed by atoms with Gasteiger partial charge < -0.3 is 4.52 Å². The molecule has 1 fully saturated rings. The van der Waals surface area contributed by atoms with Gasteiger partial charge in [-0.05, 0) is 18.6 Å². The molecular formula is C13H9N3O4. The van der Waals surface area contributed by atoms with Crippen molar-refractivity contribution in [2.24, 2.45) is 0 Å². The summed E-state index contributed by atoms with van der Waals surface area (Å²) in [7, 11) is 0. The maximum atomic E-state index is 12.4. The Balaban J connectivity index is 1.83. The van der Waals surface area contributed by atoms with Crippen molar-refractivity contribution in [1.29, 1.82) is 0 Å². The lowest BCUT2D eigenvalue weighted by Crippen LogP contribution is -2.53. The minimum atomic E-state index is -0.681. The number of carbonyl (C=O) groups is 3. The van der Waals surface area contributed by atoms with E-state index < -0.39 is 11.9 Å². The second-order valence-electron chi connectivity index (χ2n) is 4.82. The summed E-state index contributed by atoms with van der Waals surface area (Å²) in [5.41, 5.74) is 1.35. The molecule has 1 saturated heterocycles. The predicted molar refractivity (Wildman–Crippen MR) is 67.0 cm³/mol. The number of nitrogens with zero attached hydrogens (tertiary/aromatic N) is 2. The van der Waals surface area contributed by atoms with E-state index in [1.54, 1.807) is 18.2 Å². The number of rotatable bonds is 1. The number of nitrogens with one attached hydrogen (secondary N) is 1. The molecule has 0 spiro atoms. The molecule has 1 aromatic carbocycles. The topological polar surface area (TPSA) is 92.5 Å². The number of hydrogen-bond acceptors (Lipinski definition) is 5. The average Bonchev–Trinajstić information content (AvgIpc) is 2.96. The Hall–Kier alpha value is -2.70. The summed E-state index contributed by atoms with van der Waals surface area (Å²) in [4.78, 5) is 37.0. The molecule has 2 aromatic rings. The zero-order chi connectivity index (χ0) is 13.9. The van der Waals surface area contributed by atoms with Crippen molar-refractivity contribution in [1.82, 2.24) is 10.5 Å². The smallest absolute Gasteiger partial charge is 0.281 e. The molecular weight excluding hydrogens is 262 g/mol. The summed E-state index contributed by atoms with van der Waals surface area (Å²) in [5, 5.41) is 6.66. The van der Waals surface area contributed by atoms with Crippen molar-refractivity contribution in [3.8, 4) is 0 Å². The van der Waals surface area contributed by atoms with Gasteiger partial charge in [0.15, 0.2) is 11.3 Å². The summed E-state index contributed by atoms with van der Waals surface area (Å²) in [6.45, 7) is 0. The van der Waals surface area contributed by atoms with Gasteiger partial charge in [-0.1, -0.05) is 11.2 Å². The molecule has 0 saturated carbocycles. The van der Waals surface area contributed by atoms with Crippen molar-refractivity contribution in [2.75, 3.05) is 4.90 Å². The van der Waals surface area contributed by atoms with Crippen molar-refractivity contribution in [3.63, 3.8) is 0 Å². The van der Waals surface area contributed by atoms with Gasteiger partial charge in [-0.3, -0.25) is 24.6 Å². The number of benzene rings is 1. The fraction of sp³-hybridized carbons (Fsp3) is 0.231. The largest absolute Gasteiger partial charge is 0.355 e. The molecule has 1 unspecified atom stereocenters. The Morgan fingerprint density at radius 3 is 2.95 bits per heavy atom. The van der Waals surface area contributed by atoms with Gasteiger partial charge in [0, 0.05) is 6.42 Å². The van der Waals surface area contributed by atoms with Crippen molar-refractivity contribution < 1.29 is 18.9 Å². The van der Waals surface area contributed by atoms with Gasteiger partial charge in [-0.2, -0.15) is 0 Å². The Morgan fingerprint density at radius 2 is 2.15 bits per heavy atom. The molecule has 0 aliphatic carbocycles. The van der Waals surface area contributed by atoms with Gasteiger partial charge in [-0.15, -0.1) is 0 Å². The summed E-state index contributed by atoms with van der Waals surface area (Å²) < 4.78 is 5.08. The molecule has 2 aliphatic rings. The summed E-state index contributed by atoms with van der Waals surface area (Å²) >= 11 is 0. The molecule has 1 atom stereocenters. The highest BCUT2D eigenvalue weighted by atomic mass is 16.5. The van der Waals surface area contributed by atoms with E-state index in [2.05, 4.69) is 10.5 Å². The lowest BCUT2D eigenvalue weighted by atomic mass is 10.0. The van der Waals surface area contributed by atoms with Gasteiger partial charge in [0.2, 0.25) is 11.8 Å². The lowest BCUT2D eigenvalue weighted by molar-refractivity contribution is -0.134. The first-order valence-corrected chi connectivity index (χ1v) is 6.22. The van der Waals surface area contributed by atoms with Crippen molar-refractivity contribution in [2.45, 2.75) is 18.9 Å². The molecule has 20 heavy (non-hydrogen) atoms. The number of carbonyl (C=O) groups excluding carboxylic acids is 3. The van der Waals surface area contributed by atoms with Crippen molar-refractivity contribution in [3.05, 3.63) is 23.9 Å².